The zero-order chi connectivity index (χ0) is 11.8. The van der Waals surface area contributed by atoms with Gasteiger partial charge in [0, 0.05) is 11.0 Å². The first-order valence-corrected chi connectivity index (χ1v) is 6.69. The molecule has 3 heteroatoms. The summed E-state index contributed by atoms with van der Waals surface area (Å²) in [4.78, 5) is 0. The lowest BCUT2D eigenvalue weighted by molar-refractivity contribution is 0.605. The lowest BCUT2D eigenvalue weighted by atomic mass is 10.1. The molecule has 1 aromatic rings. The average molecular weight is 285 g/mol. The highest BCUT2D eigenvalue weighted by atomic mass is 79.9. The summed E-state index contributed by atoms with van der Waals surface area (Å²) >= 11 is 3.59. The summed E-state index contributed by atoms with van der Waals surface area (Å²) in [6, 6.07) is 6.49. The molecule has 1 aromatic carbocycles. The van der Waals surface area contributed by atoms with Gasteiger partial charge in [-0.15, -0.1) is 0 Å². The molecule has 0 amide bonds. The number of rotatable bonds is 7. The Bertz CT molecular complexity index is 313. The first-order chi connectivity index (χ1) is 7.74. The molecule has 0 atom stereocenters. The van der Waals surface area contributed by atoms with Gasteiger partial charge in [0.15, 0.2) is 0 Å². The molecule has 0 saturated carbocycles. The van der Waals surface area contributed by atoms with E-state index in [0.717, 1.165) is 26.2 Å². The van der Waals surface area contributed by atoms with Crippen molar-refractivity contribution in [3.63, 3.8) is 0 Å². The van der Waals surface area contributed by atoms with Crippen LogP contribution in [0.25, 0.3) is 0 Å². The van der Waals surface area contributed by atoms with Crippen LogP contribution in [0.5, 0.6) is 0 Å². The van der Waals surface area contributed by atoms with Crippen molar-refractivity contribution in [1.29, 1.82) is 0 Å². The Labute approximate surface area is 107 Å². The van der Waals surface area contributed by atoms with Crippen molar-refractivity contribution >= 4 is 15.9 Å². The molecule has 0 radical (unpaired) electrons. The van der Waals surface area contributed by atoms with Gasteiger partial charge in [0.1, 0.15) is 0 Å². The van der Waals surface area contributed by atoms with Gasteiger partial charge in [-0.2, -0.15) is 0 Å². The predicted octanol–water partition coefficient (Wildman–Crippen LogP) is 2.85. The van der Waals surface area contributed by atoms with Crippen molar-refractivity contribution < 1.29 is 0 Å². The first kappa shape index (κ1) is 13.7. The molecule has 1 rings (SSSR count). The highest BCUT2D eigenvalue weighted by Gasteiger charge is 1.98. The van der Waals surface area contributed by atoms with E-state index in [0.29, 0.717) is 0 Å². The van der Waals surface area contributed by atoms with E-state index in [2.05, 4.69) is 58.6 Å². The maximum Gasteiger partial charge on any atom is 0.0222 e. The Morgan fingerprint density at radius 2 is 1.94 bits per heavy atom. The van der Waals surface area contributed by atoms with Crippen LogP contribution in [0.1, 0.15) is 24.5 Å². The Kier molecular flexibility index (Phi) is 6.69. The van der Waals surface area contributed by atoms with Gasteiger partial charge in [0.2, 0.25) is 0 Å². The summed E-state index contributed by atoms with van der Waals surface area (Å²) in [5, 5.41) is 6.77. The SMILES string of the molecule is CCNCCCNCc1ccc(C)cc1Br. The molecule has 0 bridgehead atoms. The van der Waals surface area contributed by atoms with Gasteiger partial charge in [-0.05, 0) is 50.2 Å². The summed E-state index contributed by atoms with van der Waals surface area (Å²) < 4.78 is 1.20. The van der Waals surface area contributed by atoms with Gasteiger partial charge in [0.05, 0.1) is 0 Å². The van der Waals surface area contributed by atoms with Crippen molar-refractivity contribution in [2.24, 2.45) is 0 Å². The maximum atomic E-state index is 3.59. The van der Waals surface area contributed by atoms with E-state index < -0.39 is 0 Å². The molecule has 0 aliphatic rings. The van der Waals surface area contributed by atoms with Gasteiger partial charge in [0.25, 0.3) is 0 Å². The smallest absolute Gasteiger partial charge is 0.0222 e. The van der Waals surface area contributed by atoms with Crippen LogP contribution in [0.15, 0.2) is 22.7 Å². The lowest BCUT2D eigenvalue weighted by Gasteiger charge is -2.07. The van der Waals surface area contributed by atoms with Gasteiger partial charge < -0.3 is 10.6 Å². The summed E-state index contributed by atoms with van der Waals surface area (Å²) in [6.07, 6.45) is 1.18. The number of halogens is 1. The van der Waals surface area contributed by atoms with Crippen LogP contribution in [-0.4, -0.2) is 19.6 Å². The van der Waals surface area contributed by atoms with Crippen LogP contribution in [-0.2, 0) is 6.54 Å². The number of nitrogens with one attached hydrogen (secondary N) is 2. The average Bonchev–Trinajstić information content (AvgIpc) is 2.26. The highest BCUT2D eigenvalue weighted by molar-refractivity contribution is 9.10. The fourth-order valence-electron chi connectivity index (χ4n) is 1.53. The van der Waals surface area contributed by atoms with Crippen LogP contribution >= 0.6 is 15.9 Å². The molecule has 0 heterocycles. The van der Waals surface area contributed by atoms with Gasteiger partial charge in [-0.3, -0.25) is 0 Å². The minimum Gasteiger partial charge on any atom is -0.317 e. The normalized spacial score (nSPS) is 10.7. The Balaban J connectivity index is 2.21. The topological polar surface area (TPSA) is 24.1 Å². The molecule has 0 aliphatic heterocycles. The van der Waals surface area contributed by atoms with Crippen LogP contribution in [0.2, 0.25) is 0 Å². The van der Waals surface area contributed by atoms with Crippen LogP contribution < -0.4 is 10.6 Å². The largest absolute Gasteiger partial charge is 0.317 e. The Morgan fingerprint density at radius 3 is 2.62 bits per heavy atom. The summed E-state index contributed by atoms with van der Waals surface area (Å²) in [6.45, 7) is 8.40. The molecule has 90 valence electrons. The van der Waals surface area contributed by atoms with E-state index in [-0.39, 0.29) is 0 Å². The first-order valence-electron chi connectivity index (χ1n) is 5.90. The van der Waals surface area contributed by atoms with Gasteiger partial charge in [-0.1, -0.05) is 35.0 Å². The van der Waals surface area contributed by atoms with E-state index in [1.54, 1.807) is 0 Å². The van der Waals surface area contributed by atoms with E-state index in [4.69, 9.17) is 0 Å². The molecular formula is C13H21BrN2. The molecule has 0 saturated heterocycles. The molecule has 0 unspecified atom stereocenters. The maximum absolute atomic E-state index is 3.59. The Morgan fingerprint density at radius 1 is 1.19 bits per heavy atom. The molecule has 2 N–H and O–H groups in total. The van der Waals surface area contributed by atoms with E-state index in [1.807, 2.05) is 0 Å². The fraction of sp³-hybridized carbons (Fsp3) is 0.538. The van der Waals surface area contributed by atoms with Gasteiger partial charge in [-0.25, -0.2) is 0 Å². The van der Waals surface area contributed by atoms with Crippen LogP contribution in [0.3, 0.4) is 0 Å². The third kappa shape index (κ3) is 5.10. The minimum absolute atomic E-state index is 0.937. The zero-order valence-corrected chi connectivity index (χ0v) is 11.7. The second-order valence-corrected chi connectivity index (χ2v) is 4.83. The summed E-state index contributed by atoms with van der Waals surface area (Å²) in [7, 11) is 0. The third-order valence-electron chi connectivity index (χ3n) is 2.48. The number of benzene rings is 1. The van der Waals surface area contributed by atoms with E-state index in [9.17, 15) is 0 Å². The third-order valence-corrected chi connectivity index (χ3v) is 3.22. The molecule has 2 nitrogen and oxygen atoms in total. The Hall–Kier alpha value is -0.380. The predicted molar refractivity (Wildman–Crippen MR) is 73.7 cm³/mol. The molecular weight excluding hydrogens is 264 g/mol. The second-order valence-electron chi connectivity index (χ2n) is 3.98. The van der Waals surface area contributed by atoms with Crippen LogP contribution in [0.4, 0.5) is 0 Å². The molecule has 0 aromatic heterocycles. The van der Waals surface area contributed by atoms with Gasteiger partial charge >= 0.3 is 0 Å². The van der Waals surface area contributed by atoms with Crippen LogP contribution in [0, 0.1) is 6.92 Å². The number of aryl methyl sites for hydroxylation is 1. The van der Waals surface area contributed by atoms with Crippen molar-refractivity contribution in [3.05, 3.63) is 33.8 Å². The number of hydrogen-bond donors (Lipinski definition) is 2. The second kappa shape index (κ2) is 7.82. The van der Waals surface area contributed by atoms with Crippen molar-refractivity contribution in [2.45, 2.75) is 26.8 Å². The summed E-state index contributed by atoms with van der Waals surface area (Å²) in [5.74, 6) is 0. The monoisotopic (exact) mass is 284 g/mol. The fourth-order valence-corrected chi connectivity index (χ4v) is 2.17. The quantitative estimate of drug-likeness (QED) is 0.753. The van der Waals surface area contributed by atoms with E-state index in [1.165, 1.54) is 22.0 Å². The molecule has 0 aliphatic carbocycles. The van der Waals surface area contributed by atoms with Crippen molar-refractivity contribution in [2.75, 3.05) is 19.6 Å². The summed E-state index contributed by atoms with van der Waals surface area (Å²) in [5.41, 5.74) is 2.62. The standard InChI is InChI=1S/C13H21BrN2/c1-3-15-7-4-8-16-10-12-6-5-11(2)9-13(12)14/h5-6,9,15-16H,3-4,7-8,10H2,1-2H3. The van der Waals surface area contributed by atoms with Crippen molar-refractivity contribution in [3.8, 4) is 0 Å². The molecule has 0 fully saturated rings. The minimum atomic E-state index is 0.937. The van der Waals surface area contributed by atoms with Crippen molar-refractivity contribution in [1.82, 2.24) is 10.6 Å². The number of hydrogen-bond acceptors (Lipinski definition) is 2. The highest BCUT2D eigenvalue weighted by Crippen LogP contribution is 2.17. The molecule has 0 spiro atoms. The molecule has 16 heavy (non-hydrogen) atoms. The van der Waals surface area contributed by atoms with E-state index >= 15 is 0 Å². The zero-order valence-electron chi connectivity index (χ0n) is 10.1. The lowest BCUT2D eigenvalue weighted by Crippen LogP contribution is -2.21.